The van der Waals surface area contributed by atoms with E-state index in [4.69, 9.17) is 33.5 Å². The lowest BCUT2D eigenvalue weighted by molar-refractivity contribution is -0.172. The van der Waals surface area contributed by atoms with Crippen molar-refractivity contribution < 1.29 is 87.2 Å². The van der Waals surface area contributed by atoms with E-state index in [-0.39, 0.29) is 39.1 Å². The summed E-state index contributed by atoms with van der Waals surface area (Å²) in [6, 6.07) is 0. The van der Waals surface area contributed by atoms with Crippen LogP contribution in [0.5, 0.6) is 0 Å². The monoisotopic (exact) mass is 858 g/mol. The number of hydrogen-bond acceptors (Lipinski definition) is 16. The fraction of sp³-hybridized carbons (Fsp3) is 0.810. The Kier molecular flexibility index (Phi) is 25.8. The highest BCUT2D eigenvalue weighted by Gasteiger charge is 2.39. The van der Waals surface area contributed by atoms with E-state index in [1.54, 1.807) is 0 Å². The molecule has 0 amide bonds. The number of ether oxygens (including phenoxy) is 6. The molecule has 60 heavy (non-hydrogen) atoms. The van der Waals surface area contributed by atoms with Crippen LogP contribution in [0.2, 0.25) is 0 Å². The maximum Gasteiger partial charge on any atom is 0.331 e. The standard InChI is InChI=1S/C42H66O18/c43-22-12-3-6-20-35(46)58-27-42(29-60-37(48)25-44,28-59-36(47)21-7-4-14-24-56-41(54)33-18-11-9-16-31(33)39(51)52)26-57-34(45)19-5-1-2-13-23-55-40(53)32-17-10-8-15-30(32)38(49)50/h30-33,43-44H,1-29H2,(H,49,50)(H,51,52). The summed E-state index contributed by atoms with van der Waals surface area (Å²) in [5.41, 5.74) is -1.53. The van der Waals surface area contributed by atoms with Gasteiger partial charge in [-0.15, -0.1) is 0 Å². The van der Waals surface area contributed by atoms with Gasteiger partial charge in [-0.3, -0.25) is 33.6 Å². The molecule has 4 N–H and O–H groups in total. The van der Waals surface area contributed by atoms with Gasteiger partial charge in [-0.05, 0) is 70.6 Å². The SMILES string of the molecule is O=C(CO)OCC(COC(=O)CCCCCO)(COC(=O)CCCCCCOC(=O)C1CCCCC1C(=O)O)COC(=O)CCCCCOC(=O)C1CCCCC1C(=O)O. The summed E-state index contributed by atoms with van der Waals surface area (Å²) in [4.78, 5) is 98.2. The maximum atomic E-state index is 12.8. The molecule has 0 aromatic rings. The third-order valence-corrected chi connectivity index (χ3v) is 10.9. The fourth-order valence-corrected chi connectivity index (χ4v) is 7.25. The van der Waals surface area contributed by atoms with Gasteiger partial charge in [0.1, 0.15) is 38.4 Å². The fourth-order valence-electron chi connectivity index (χ4n) is 7.25. The molecule has 5 unspecified atom stereocenters. The summed E-state index contributed by atoms with van der Waals surface area (Å²) in [7, 11) is 0. The lowest BCUT2D eigenvalue weighted by Crippen LogP contribution is -2.44. The van der Waals surface area contributed by atoms with E-state index < -0.39 is 110 Å². The van der Waals surface area contributed by atoms with Gasteiger partial charge in [0, 0.05) is 25.9 Å². The van der Waals surface area contributed by atoms with Crippen LogP contribution in [0.3, 0.4) is 0 Å². The molecule has 0 aliphatic heterocycles. The lowest BCUT2D eigenvalue weighted by atomic mass is 9.79. The smallest absolute Gasteiger partial charge is 0.331 e. The first-order valence-corrected chi connectivity index (χ1v) is 21.5. The Morgan fingerprint density at radius 2 is 0.750 bits per heavy atom. The average Bonchev–Trinajstić information content (AvgIpc) is 3.25. The molecule has 0 saturated heterocycles. The van der Waals surface area contributed by atoms with E-state index in [0.717, 1.165) is 25.7 Å². The summed E-state index contributed by atoms with van der Waals surface area (Å²) < 4.78 is 32.3. The molecule has 0 spiro atoms. The Bertz CT molecular complexity index is 1370. The van der Waals surface area contributed by atoms with Gasteiger partial charge in [0.05, 0.1) is 36.9 Å². The molecule has 5 atom stereocenters. The van der Waals surface area contributed by atoms with Crippen LogP contribution >= 0.6 is 0 Å². The highest BCUT2D eigenvalue weighted by molar-refractivity contribution is 5.82. The first kappa shape index (κ1) is 51.8. The molecule has 0 radical (unpaired) electrons. The van der Waals surface area contributed by atoms with Crippen LogP contribution in [0.25, 0.3) is 0 Å². The molecule has 2 aliphatic rings. The second kappa shape index (κ2) is 29.8. The molecule has 2 saturated carbocycles. The number of hydrogen-bond donors (Lipinski definition) is 4. The molecule has 2 rings (SSSR count). The van der Waals surface area contributed by atoms with Gasteiger partial charge < -0.3 is 48.8 Å². The first-order chi connectivity index (χ1) is 28.8. The molecule has 2 aliphatic carbocycles. The van der Waals surface area contributed by atoms with Crippen LogP contribution in [0.15, 0.2) is 0 Å². The number of esters is 6. The lowest BCUT2D eigenvalue weighted by Gasteiger charge is -2.31. The van der Waals surface area contributed by atoms with Crippen molar-refractivity contribution in [3.05, 3.63) is 0 Å². The predicted molar refractivity (Wildman–Crippen MR) is 209 cm³/mol. The second-order valence-electron chi connectivity index (χ2n) is 15.8. The van der Waals surface area contributed by atoms with E-state index in [2.05, 4.69) is 0 Å². The van der Waals surface area contributed by atoms with Crippen LogP contribution in [0.1, 0.15) is 135 Å². The topological polar surface area (TPSA) is 273 Å². The highest BCUT2D eigenvalue weighted by atomic mass is 16.6. The number of unbranched alkanes of at least 4 members (excludes halogenated alkanes) is 7. The quantitative estimate of drug-likeness (QED) is 0.0434. The zero-order valence-corrected chi connectivity index (χ0v) is 34.8. The summed E-state index contributed by atoms with van der Waals surface area (Å²) in [6.07, 6.45) is 9.80. The van der Waals surface area contributed by atoms with E-state index in [1.165, 1.54) is 0 Å². The molecular formula is C42H66O18. The Morgan fingerprint density at radius 3 is 1.12 bits per heavy atom. The molecule has 0 aromatic heterocycles. The first-order valence-electron chi connectivity index (χ1n) is 21.5. The number of carboxylic acids is 2. The van der Waals surface area contributed by atoms with E-state index in [1.807, 2.05) is 0 Å². The summed E-state index contributed by atoms with van der Waals surface area (Å²) in [6.45, 7) is -2.74. The number of carbonyl (C=O) groups is 8. The molecule has 18 nitrogen and oxygen atoms in total. The summed E-state index contributed by atoms with van der Waals surface area (Å²) in [5, 5.41) is 37.1. The molecule has 18 heteroatoms. The molecule has 0 bridgehead atoms. The van der Waals surface area contributed by atoms with Gasteiger partial charge in [-0.2, -0.15) is 0 Å². The largest absolute Gasteiger partial charge is 0.481 e. The van der Waals surface area contributed by atoms with Gasteiger partial charge in [-0.1, -0.05) is 44.9 Å². The minimum absolute atomic E-state index is 0.00476. The number of carbonyl (C=O) groups excluding carboxylic acids is 6. The Balaban J connectivity index is 1.88. The Labute approximate surface area is 351 Å². The van der Waals surface area contributed by atoms with Crippen LogP contribution in [0, 0.1) is 29.1 Å². The normalized spacial score (nSPS) is 19.8. The van der Waals surface area contributed by atoms with Crippen LogP contribution in [-0.2, 0) is 66.8 Å². The third-order valence-electron chi connectivity index (χ3n) is 10.9. The molecule has 0 heterocycles. The van der Waals surface area contributed by atoms with Gasteiger partial charge >= 0.3 is 47.8 Å². The van der Waals surface area contributed by atoms with Crippen molar-refractivity contribution in [3.63, 3.8) is 0 Å². The predicted octanol–water partition coefficient (Wildman–Crippen LogP) is 4.07. The number of aliphatic hydroxyl groups excluding tert-OH is 2. The maximum absolute atomic E-state index is 12.8. The molecule has 342 valence electrons. The van der Waals surface area contributed by atoms with Crippen molar-refractivity contribution in [3.8, 4) is 0 Å². The highest BCUT2D eigenvalue weighted by Crippen LogP contribution is 2.32. The number of carboxylic acid groups (broad SMARTS) is 2. The van der Waals surface area contributed by atoms with Crippen molar-refractivity contribution >= 4 is 47.8 Å². The Hall–Kier alpha value is -4.32. The van der Waals surface area contributed by atoms with Crippen molar-refractivity contribution in [1.82, 2.24) is 0 Å². The van der Waals surface area contributed by atoms with Crippen molar-refractivity contribution in [2.24, 2.45) is 29.1 Å². The van der Waals surface area contributed by atoms with Crippen molar-refractivity contribution in [1.29, 1.82) is 0 Å². The average molecular weight is 859 g/mol. The van der Waals surface area contributed by atoms with Crippen molar-refractivity contribution in [2.75, 3.05) is 52.9 Å². The number of rotatable bonds is 31. The molecular weight excluding hydrogens is 792 g/mol. The van der Waals surface area contributed by atoms with Crippen LogP contribution in [0.4, 0.5) is 0 Å². The zero-order chi connectivity index (χ0) is 44.2. The van der Waals surface area contributed by atoms with Crippen molar-refractivity contribution in [2.45, 2.75) is 135 Å². The third kappa shape index (κ3) is 20.8. The van der Waals surface area contributed by atoms with Gasteiger partial charge in [-0.25, -0.2) is 4.79 Å². The van der Waals surface area contributed by atoms with Gasteiger partial charge in [0.25, 0.3) is 0 Å². The number of aliphatic hydroxyl groups is 2. The summed E-state index contributed by atoms with van der Waals surface area (Å²) >= 11 is 0. The molecule has 2 fully saturated rings. The van der Waals surface area contributed by atoms with Gasteiger partial charge in [0.2, 0.25) is 0 Å². The molecule has 0 aromatic carbocycles. The van der Waals surface area contributed by atoms with E-state index in [9.17, 15) is 53.7 Å². The number of aliphatic carboxylic acids is 2. The summed E-state index contributed by atoms with van der Waals surface area (Å²) in [5.74, 6) is -8.73. The van der Waals surface area contributed by atoms with Crippen LogP contribution < -0.4 is 0 Å². The van der Waals surface area contributed by atoms with Crippen LogP contribution in [-0.4, -0.2) is 121 Å². The zero-order valence-electron chi connectivity index (χ0n) is 34.8. The minimum atomic E-state index is -1.53. The Morgan fingerprint density at radius 1 is 0.417 bits per heavy atom. The minimum Gasteiger partial charge on any atom is -0.481 e. The van der Waals surface area contributed by atoms with E-state index >= 15 is 0 Å². The second-order valence-corrected chi connectivity index (χ2v) is 15.8. The van der Waals surface area contributed by atoms with Gasteiger partial charge in [0.15, 0.2) is 0 Å². The van der Waals surface area contributed by atoms with E-state index in [0.29, 0.717) is 89.9 Å².